The number of fused-ring (bicyclic) bond motifs is 1. The summed E-state index contributed by atoms with van der Waals surface area (Å²) in [7, 11) is 0. The molecule has 5 heteroatoms. The number of imidazole rings is 1. The minimum absolute atomic E-state index is 0.0755. The quantitative estimate of drug-likeness (QED) is 0.797. The van der Waals surface area contributed by atoms with Crippen LogP contribution in [0.3, 0.4) is 0 Å². The molecule has 0 amide bonds. The number of nitrogens with two attached hydrogens (primary N) is 1. The number of hydrogen-bond acceptors (Lipinski definition) is 3. The molecule has 0 saturated heterocycles. The first-order valence-electron chi connectivity index (χ1n) is 7.43. The third kappa shape index (κ3) is 2.85. The first-order valence-corrected chi connectivity index (χ1v) is 7.80. The highest BCUT2D eigenvalue weighted by molar-refractivity contribution is 6.30. The highest BCUT2D eigenvalue weighted by Crippen LogP contribution is 2.25. The predicted octanol–water partition coefficient (Wildman–Crippen LogP) is 3.80. The number of benzene rings is 1. The monoisotopic (exact) mass is 314 g/mol. The van der Waals surface area contributed by atoms with E-state index in [4.69, 9.17) is 22.3 Å². The molecule has 2 heterocycles. The van der Waals surface area contributed by atoms with Crippen LogP contribution < -0.4 is 5.73 Å². The van der Waals surface area contributed by atoms with E-state index in [9.17, 15) is 0 Å². The molecule has 1 atom stereocenters. The van der Waals surface area contributed by atoms with E-state index in [-0.39, 0.29) is 6.04 Å². The Hall–Kier alpha value is -1.91. The Balaban J connectivity index is 2.18. The molecule has 0 fully saturated rings. The molecule has 0 bridgehead atoms. The van der Waals surface area contributed by atoms with Crippen molar-refractivity contribution in [3.63, 3.8) is 0 Å². The number of hydrogen-bond donors (Lipinski definition) is 1. The highest BCUT2D eigenvalue weighted by atomic mass is 35.5. The Morgan fingerprint density at radius 2 is 2.00 bits per heavy atom. The lowest BCUT2D eigenvalue weighted by Crippen LogP contribution is -2.25. The minimum atomic E-state index is 0.0755. The molecule has 114 valence electrons. The van der Waals surface area contributed by atoms with Crippen LogP contribution >= 0.6 is 11.6 Å². The van der Waals surface area contributed by atoms with Gasteiger partial charge in [0.15, 0.2) is 5.65 Å². The summed E-state index contributed by atoms with van der Waals surface area (Å²) in [5, 5.41) is 0.714. The van der Waals surface area contributed by atoms with Gasteiger partial charge < -0.3 is 10.3 Å². The number of pyridine rings is 1. The fraction of sp³-hybridized carbons (Fsp3) is 0.294. The van der Waals surface area contributed by atoms with Crippen LogP contribution in [0.25, 0.3) is 22.6 Å². The van der Waals surface area contributed by atoms with Gasteiger partial charge in [-0.2, -0.15) is 0 Å². The standard InChI is InChI=1S/C17H19ClN4/c1-3-14(19)10-22-16(12-4-6-13(18)7-5-12)21-15-8-11(2)9-20-17(15)22/h4-9,14H,3,10,19H2,1-2H3. The second kappa shape index (κ2) is 6.07. The molecular weight excluding hydrogens is 296 g/mol. The summed E-state index contributed by atoms with van der Waals surface area (Å²) < 4.78 is 2.10. The van der Waals surface area contributed by atoms with Crippen LogP contribution in [0, 0.1) is 6.92 Å². The molecule has 0 spiro atoms. The first-order chi connectivity index (χ1) is 10.6. The summed E-state index contributed by atoms with van der Waals surface area (Å²) in [5.74, 6) is 0.883. The van der Waals surface area contributed by atoms with Crippen LogP contribution in [0.1, 0.15) is 18.9 Å². The summed E-state index contributed by atoms with van der Waals surface area (Å²) in [6.45, 7) is 4.80. The van der Waals surface area contributed by atoms with E-state index in [0.717, 1.165) is 34.5 Å². The Morgan fingerprint density at radius 1 is 1.27 bits per heavy atom. The van der Waals surface area contributed by atoms with E-state index < -0.39 is 0 Å². The third-order valence-corrected chi connectivity index (χ3v) is 4.02. The average molecular weight is 315 g/mol. The van der Waals surface area contributed by atoms with Crippen LogP contribution in [0.4, 0.5) is 0 Å². The number of rotatable bonds is 4. The maximum Gasteiger partial charge on any atom is 0.160 e. The van der Waals surface area contributed by atoms with Gasteiger partial charge in [-0.1, -0.05) is 18.5 Å². The lowest BCUT2D eigenvalue weighted by molar-refractivity contribution is 0.549. The zero-order valence-electron chi connectivity index (χ0n) is 12.8. The van der Waals surface area contributed by atoms with Gasteiger partial charge in [0.25, 0.3) is 0 Å². The average Bonchev–Trinajstić information content (AvgIpc) is 2.85. The zero-order chi connectivity index (χ0) is 15.7. The molecule has 22 heavy (non-hydrogen) atoms. The molecule has 3 rings (SSSR count). The van der Waals surface area contributed by atoms with Crippen LogP contribution in [0.2, 0.25) is 5.02 Å². The summed E-state index contributed by atoms with van der Waals surface area (Å²) in [6.07, 6.45) is 2.77. The second-order valence-electron chi connectivity index (χ2n) is 5.58. The van der Waals surface area contributed by atoms with Gasteiger partial charge in [-0.05, 0) is 49.2 Å². The van der Waals surface area contributed by atoms with Crippen molar-refractivity contribution < 1.29 is 0 Å². The van der Waals surface area contributed by atoms with E-state index in [1.807, 2.05) is 37.4 Å². The maximum absolute atomic E-state index is 6.16. The lowest BCUT2D eigenvalue weighted by atomic mass is 10.2. The highest BCUT2D eigenvalue weighted by Gasteiger charge is 2.15. The number of nitrogens with zero attached hydrogens (tertiary/aromatic N) is 3. The van der Waals surface area contributed by atoms with Crippen molar-refractivity contribution in [1.82, 2.24) is 14.5 Å². The van der Waals surface area contributed by atoms with Crippen molar-refractivity contribution in [3.8, 4) is 11.4 Å². The fourth-order valence-electron chi connectivity index (χ4n) is 2.47. The van der Waals surface area contributed by atoms with Crippen LogP contribution in [0.15, 0.2) is 36.5 Å². The van der Waals surface area contributed by atoms with E-state index in [1.54, 1.807) is 0 Å². The lowest BCUT2D eigenvalue weighted by Gasteiger charge is -2.13. The Kier molecular flexibility index (Phi) is 4.14. The Bertz CT molecular complexity index is 792. The topological polar surface area (TPSA) is 56.7 Å². The van der Waals surface area contributed by atoms with Crippen LogP contribution in [-0.2, 0) is 6.54 Å². The maximum atomic E-state index is 6.16. The van der Waals surface area contributed by atoms with E-state index in [0.29, 0.717) is 11.6 Å². The summed E-state index contributed by atoms with van der Waals surface area (Å²) in [4.78, 5) is 9.31. The van der Waals surface area contributed by atoms with Gasteiger partial charge in [0.1, 0.15) is 11.3 Å². The zero-order valence-corrected chi connectivity index (χ0v) is 13.5. The van der Waals surface area contributed by atoms with Crippen molar-refractivity contribution in [2.24, 2.45) is 5.73 Å². The first kappa shape index (κ1) is 15.0. The molecule has 2 N–H and O–H groups in total. The van der Waals surface area contributed by atoms with E-state index in [2.05, 4.69) is 22.5 Å². The molecule has 1 aromatic carbocycles. The number of aryl methyl sites for hydroxylation is 1. The Labute approximate surface area is 134 Å². The van der Waals surface area contributed by atoms with E-state index >= 15 is 0 Å². The number of aromatic nitrogens is 3. The molecule has 0 aliphatic carbocycles. The summed E-state index contributed by atoms with van der Waals surface area (Å²) in [6, 6.07) is 9.83. The van der Waals surface area contributed by atoms with Gasteiger partial charge in [0.2, 0.25) is 0 Å². The fourth-order valence-corrected chi connectivity index (χ4v) is 2.59. The van der Waals surface area contributed by atoms with E-state index in [1.165, 1.54) is 0 Å². The predicted molar refractivity (Wildman–Crippen MR) is 91.0 cm³/mol. The van der Waals surface area contributed by atoms with Crippen LogP contribution in [0.5, 0.6) is 0 Å². The molecule has 0 saturated carbocycles. The summed E-state index contributed by atoms with van der Waals surface area (Å²) in [5.41, 5.74) is 10.0. The molecule has 2 aromatic heterocycles. The van der Waals surface area contributed by atoms with Crippen molar-refractivity contribution in [1.29, 1.82) is 0 Å². The van der Waals surface area contributed by atoms with Gasteiger partial charge in [-0.25, -0.2) is 9.97 Å². The second-order valence-corrected chi connectivity index (χ2v) is 6.01. The number of halogens is 1. The Morgan fingerprint density at radius 3 is 2.68 bits per heavy atom. The molecule has 4 nitrogen and oxygen atoms in total. The normalized spacial score (nSPS) is 12.7. The molecule has 0 radical (unpaired) electrons. The molecule has 3 aromatic rings. The van der Waals surface area contributed by atoms with Gasteiger partial charge in [0.05, 0.1) is 0 Å². The van der Waals surface area contributed by atoms with Gasteiger partial charge >= 0.3 is 0 Å². The van der Waals surface area contributed by atoms with Crippen molar-refractivity contribution >= 4 is 22.8 Å². The smallest absolute Gasteiger partial charge is 0.160 e. The minimum Gasteiger partial charge on any atom is -0.326 e. The van der Waals surface area contributed by atoms with Gasteiger partial charge in [-0.15, -0.1) is 0 Å². The third-order valence-electron chi connectivity index (χ3n) is 3.77. The van der Waals surface area contributed by atoms with Crippen LogP contribution in [-0.4, -0.2) is 20.6 Å². The molecular formula is C17H19ClN4. The van der Waals surface area contributed by atoms with Crippen molar-refractivity contribution in [2.75, 3.05) is 0 Å². The molecule has 1 unspecified atom stereocenters. The molecule has 0 aliphatic rings. The van der Waals surface area contributed by atoms with Gasteiger partial charge in [-0.3, -0.25) is 0 Å². The SMILES string of the molecule is CCC(N)Cn1c(-c2ccc(Cl)cc2)nc2cc(C)cnc21. The van der Waals surface area contributed by atoms with Crippen molar-refractivity contribution in [3.05, 3.63) is 47.1 Å². The largest absolute Gasteiger partial charge is 0.326 e. The van der Waals surface area contributed by atoms with Gasteiger partial charge in [0, 0.05) is 29.4 Å². The summed E-state index contributed by atoms with van der Waals surface area (Å²) >= 11 is 5.99. The van der Waals surface area contributed by atoms with Crippen molar-refractivity contribution in [2.45, 2.75) is 32.9 Å². The molecule has 0 aliphatic heterocycles.